The zero-order valence-electron chi connectivity index (χ0n) is 8.25. The summed E-state index contributed by atoms with van der Waals surface area (Å²) in [5, 5.41) is 0.628. The number of pyridine rings is 1. The van der Waals surface area contributed by atoms with Crippen LogP contribution in [-0.2, 0) is 0 Å². The largest absolute Gasteiger partial charge is 0.573 e. The molecule has 0 amide bonds. The fourth-order valence-corrected chi connectivity index (χ4v) is 1.61. The maximum atomic E-state index is 12.0. The fraction of sp³-hybridized carbons (Fsp3) is 0.100. The lowest BCUT2D eigenvalue weighted by molar-refractivity contribution is -0.274. The van der Waals surface area contributed by atoms with Gasteiger partial charge in [0.1, 0.15) is 10.9 Å². The second-order valence-electron chi connectivity index (χ2n) is 3.26. The van der Waals surface area contributed by atoms with Crippen molar-refractivity contribution >= 4 is 28.2 Å². The van der Waals surface area contributed by atoms with E-state index in [2.05, 4.69) is 9.72 Å². The Morgan fingerprint density at radius 1 is 1.24 bits per heavy atom. The number of rotatable bonds is 1. The number of alkyl halides is 3. The number of nitrogen functional groups attached to an aromatic ring is 1. The molecule has 2 rings (SSSR count). The summed E-state index contributed by atoms with van der Waals surface area (Å²) >= 11 is 5.66. The van der Waals surface area contributed by atoms with E-state index in [1.54, 1.807) is 0 Å². The van der Waals surface area contributed by atoms with E-state index in [9.17, 15) is 13.2 Å². The first-order chi connectivity index (χ1) is 7.85. The summed E-state index contributed by atoms with van der Waals surface area (Å²) < 4.78 is 39.8. The Morgan fingerprint density at radius 2 is 1.94 bits per heavy atom. The highest BCUT2D eigenvalue weighted by Crippen LogP contribution is 2.29. The maximum Gasteiger partial charge on any atom is 0.573 e. The summed E-state index contributed by atoms with van der Waals surface area (Å²) in [6.07, 6.45) is -4.74. The van der Waals surface area contributed by atoms with Gasteiger partial charge in [-0.05, 0) is 18.2 Å². The average molecular weight is 263 g/mol. The van der Waals surface area contributed by atoms with Gasteiger partial charge in [0.2, 0.25) is 0 Å². The average Bonchev–Trinajstić information content (AvgIpc) is 2.13. The van der Waals surface area contributed by atoms with Gasteiger partial charge in [-0.3, -0.25) is 0 Å². The Morgan fingerprint density at radius 3 is 2.59 bits per heavy atom. The molecule has 7 heteroatoms. The highest BCUT2D eigenvalue weighted by molar-refractivity contribution is 6.30. The minimum absolute atomic E-state index is 0.110. The highest BCUT2D eigenvalue weighted by Gasteiger charge is 2.31. The van der Waals surface area contributed by atoms with Crippen molar-refractivity contribution in [1.29, 1.82) is 0 Å². The number of fused-ring (bicyclic) bond motifs is 1. The Kier molecular flexibility index (Phi) is 2.74. The molecule has 0 unspecified atom stereocenters. The monoisotopic (exact) mass is 262 g/mol. The lowest BCUT2D eigenvalue weighted by Gasteiger charge is -2.09. The highest BCUT2D eigenvalue weighted by atomic mass is 35.5. The number of ether oxygens (including phenoxy) is 1. The standard InChI is InChI=1S/C10H6ClF3N2O/c11-9-4-7(15)6-2-1-5(3-8(6)16-9)17-10(12,13)14/h1-4H,(H2,15,16). The molecule has 0 saturated heterocycles. The van der Waals surface area contributed by atoms with Crippen molar-refractivity contribution in [2.75, 3.05) is 5.73 Å². The third kappa shape index (κ3) is 2.71. The van der Waals surface area contributed by atoms with Crippen LogP contribution in [-0.4, -0.2) is 11.3 Å². The summed E-state index contributed by atoms with van der Waals surface area (Å²) in [5.41, 5.74) is 6.24. The predicted octanol–water partition coefficient (Wildman–Crippen LogP) is 3.37. The molecule has 0 aliphatic heterocycles. The van der Waals surface area contributed by atoms with Crippen LogP contribution < -0.4 is 10.5 Å². The van der Waals surface area contributed by atoms with Gasteiger partial charge < -0.3 is 10.5 Å². The number of nitrogens with zero attached hydrogens (tertiary/aromatic N) is 1. The molecule has 2 N–H and O–H groups in total. The normalized spacial score (nSPS) is 11.8. The molecule has 0 aliphatic carbocycles. The molecule has 0 fully saturated rings. The SMILES string of the molecule is Nc1cc(Cl)nc2cc(OC(F)(F)F)ccc12. The molecule has 1 aromatic carbocycles. The number of aromatic nitrogens is 1. The number of benzene rings is 1. The molecule has 3 nitrogen and oxygen atoms in total. The van der Waals surface area contributed by atoms with Crippen molar-refractivity contribution in [2.45, 2.75) is 6.36 Å². The van der Waals surface area contributed by atoms with Gasteiger partial charge in [-0.25, -0.2) is 4.98 Å². The van der Waals surface area contributed by atoms with E-state index in [0.29, 0.717) is 11.1 Å². The second kappa shape index (κ2) is 3.96. The molecule has 2 aromatic rings. The molecule has 0 radical (unpaired) electrons. The van der Waals surface area contributed by atoms with Crippen LogP contribution >= 0.6 is 11.6 Å². The molecule has 0 bridgehead atoms. The molecule has 17 heavy (non-hydrogen) atoms. The van der Waals surface area contributed by atoms with Gasteiger partial charge in [-0.2, -0.15) is 0 Å². The molecule has 0 aliphatic rings. The van der Waals surface area contributed by atoms with Gasteiger partial charge in [-0.1, -0.05) is 11.6 Å². The van der Waals surface area contributed by atoms with Crippen LogP contribution in [0.25, 0.3) is 10.9 Å². The van der Waals surface area contributed by atoms with Gasteiger partial charge in [0.15, 0.2) is 0 Å². The molecular formula is C10H6ClF3N2O. The van der Waals surface area contributed by atoms with Crippen LogP contribution in [0.15, 0.2) is 24.3 Å². The Balaban J connectivity index is 2.50. The third-order valence-electron chi connectivity index (χ3n) is 2.02. The van der Waals surface area contributed by atoms with Gasteiger partial charge in [0, 0.05) is 17.1 Å². The summed E-state index contributed by atoms with van der Waals surface area (Å²) in [5.74, 6) is -0.362. The van der Waals surface area contributed by atoms with E-state index in [4.69, 9.17) is 17.3 Å². The molecule has 1 heterocycles. The number of halogens is 4. The van der Waals surface area contributed by atoms with E-state index in [1.807, 2.05) is 0 Å². The lowest BCUT2D eigenvalue weighted by atomic mass is 10.2. The number of nitrogens with two attached hydrogens (primary N) is 1. The van der Waals surface area contributed by atoms with Crippen LogP contribution in [0.4, 0.5) is 18.9 Å². The maximum absolute atomic E-state index is 12.0. The summed E-state index contributed by atoms with van der Waals surface area (Å²) in [4.78, 5) is 3.87. The summed E-state index contributed by atoms with van der Waals surface area (Å²) in [6, 6.07) is 5.12. The Hall–Kier alpha value is -1.69. The topological polar surface area (TPSA) is 48.1 Å². The second-order valence-corrected chi connectivity index (χ2v) is 3.65. The van der Waals surface area contributed by atoms with Crippen LogP contribution in [0.2, 0.25) is 5.15 Å². The predicted molar refractivity (Wildman–Crippen MR) is 57.8 cm³/mol. The molecular weight excluding hydrogens is 257 g/mol. The molecule has 90 valence electrons. The molecule has 0 saturated carbocycles. The van der Waals surface area contributed by atoms with E-state index >= 15 is 0 Å². The zero-order chi connectivity index (χ0) is 12.6. The van der Waals surface area contributed by atoms with Crippen LogP contribution in [0, 0.1) is 0 Å². The number of anilines is 1. The quantitative estimate of drug-likeness (QED) is 0.802. The van der Waals surface area contributed by atoms with Crippen molar-refractivity contribution in [3.05, 3.63) is 29.4 Å². The Labute approximate surface area is 99.0 Å². The van der Waals surface area contributed by atoms with Gasteiger partial charge in [0.25, 0.3) is 0 Å². The van der Waals surface area contributed by atoms with E-state index in [0.717, 1.165) is 6.07 Å². The first-order valence-electron chi connectivity index (χ1n) is 4.47. The molecule has 1 aromatic heterocycles. The van der Waals surface area contributed by atoms with Crippen LogP contribution in [0.5, 0.6) is 5.75 Å². The summed E-state index contributed by atoms with van der Waals surface area (Å²) in [6.45, 7) is 0. The minimum atomic E-state index is -4.74. The zero-order valence-corrected chi connectivity index (χ0v) is 9.01. The first kappa shape index (κ1) is 11.8. The molecule has 0 atom stereocenters. The van der Waals surface area contributed by atoms with Gasteiger partial charge in [-0.15, -0.1) is 13.2 Å². The van der Waals surface area contributed by atoms with Crippen molar-refractivity contribution < 1.29 is 17.9 Å². The van der Waals surface area contributed by atoms with Crippen molar-refractivity contribution in [2.24, 2.45) is 0 Å². The molecule has 0 spiro atoms. The summed E-state index contributed by atoms with van der Waals surface area (Å²) in [7, 11) is 0. The van der Waals surface area contributed by atoms with Crippen molar-refractivity contribution in [3.63, 3.8) is 0 Å². The van der Waals surface area contributed by atoms with E-state index in [1.165, 1.54) is 18.2 Å². The third-order valence-corrected chi connectivity index (χ3v) is 2.21. The number of hydrogen-bond acceptors (Lipinski definition) is 3. The fourth-order valence-electron chi connectivity index (χ4n) is 1.40. The van der Waals surface area contributed by atoms with Crippen LogP contribution in [0.3, 0.4) is 0 Å². The lowest BCUT2D eigenvalue weighted by Crippen LogP contribution is -2.17. The Bertz CT molecular complexity index is 571. The van der Waals surface area contributed by atoms with Gasteiger partial charge >= 0.3 is 6.36 Å². The smallest absolute Gasteiger partial charge is 0.406 e. The van der Waals surface area contributed by atoms with Crippen LogP contribution in [0.1, 0.15) is 0 Å². The van der Waals surface area contributed by atoms with E-state index in [-0.39, 0.29) is 16.4 Å². The van der Waals surface area contributed by atoms with Crippen molar-refractivity contribution in [1.82, 2.24) is 4.98 Å². The first-order valence-corrected chi connectivity index (χ1v) is 4.84. The minimum Gasteiger partial charge on any atom is -0.406 e. The van der Waals surface area contributed by atoms with E-state index < -0.39 is 6.36 Å². The van der Waals surface area contributed by atoms with Crippen molar-refractivity contribution in [3.8, 4) is 5.75 Å². The van der Waals surface area contributed by atoms with Gasteiger partial charge in [0.05, 0.1) is 5.52 Å². The number of hydrogen-bond donors (Lipinski definition) is 1.